The minimum Gasteiger partial charge on any atom is -0.396 e. The Hall–Kier alpha value is -0.870. The number of carbonyl (C=O) groups excluding carboxylic acids is 1. The normalized spacial score (nSPS) is 19.7. The van der Waals surface area contributed by atoms with Crippen LogP contribution in [0.4, 0.5) is 0 Å². The molecule has 1 aliphatic heterocycles. The Bertz CT molecular complexity index is 413. The van der Waals surface area contributed by atoms with Gasteiger partial charge in [0, 0.05) is 35.7 Å². The lowest BCUT2D eigenvalue weighted by Crippen LogP contribution is -2.29. The predicted molar refractivity (Wildman–Crippen MR) is 70.0 cm³/mol. The lowest BCUT2D eigenvalue weighted by Gasteiger charge is -2.16. The standard InChI is InChI=1S/C13H16BrNO2/c1-9-4-11(6-12(14)5-9)13(17)15-3-2-10(7-15)8-16/h4-6,10,16H,2-3,7-8H2,1H3. The Morgan fingerprint density at radius 2 is 2.29 bits per heavy atom. The van der Waals surface area contributed by atoms with E-state index >= 15 is 0 Å². The fourth-order valence-corrected chi connectivity index (χ4v) is 2.82. The van der Waals surface area contributed by atoms with E-state index in [1.54, 1.807) is 0 Å². The summed E-state index contributed by atoms with van der Waals surface area (Å²) < 4.78 is 0.929. The molecular formula is C13H16BrNO2. The third kappa shape index (κ3) is 2.87. The summed E-state index contributed by atoms with van der Waals surface area (Å²) in [5.41, 5.74) is 1.79. The molecule has 1 heterocycles. The number of hydrogen-bond acceptors (Lipinski definition) is 2. The number of rotatable bonds is 2. The number of benzene rings is 1. The summed E-state index contributed by atoms with van der Waals surface area (Å²) >= 11 is 3.40. The van der Waals surface area contributed by atoms with Gasteiger partial charge in [0.05, 0.1) is 0 Å². The first kappa shape index (κ1) is 12.6. The van der Waals surface area contributed by atoms with E-state index in [1.165, 1.54) is 0 Å². The van der Waals surface area contributed by atoms with Crippen LogP contribution in [0.5, 0.6) is 0 Å². The van der Waals surface area contributed by atoms with Crippen LogP contribution in [0, 0.1) is 12.8 Å². The zero-order valence-corrected chi connectivity index (χ0v) is 11.4. The molecule has 0 bridgehead atoms. The third-order valence-electron chi connectivity index (χ3n) is 3.12. The number of aliphatic hydroxyl groups excluding tert-OH is 1. The first-order valence-electron chi connectivity index (χ1n) is 5.77. The van der Waals surface area contributed by atoms with Gasteiger partial charge < -0.3 is 10.0 Å². The second kappa shape index (κ2) is 5.19. The van der Waals surface area contributed by atoms with Gasteiger partial charge in [0.15, 0.2) is 0 Å². The number of likely N-dealkylation sites (tertiary alicyclic amines) is 1. The molecule has 0 radical (unpaired) electrons. The Labute approximate surface area is 110 Å². The van der Waals surface area contributed by atoms with Gasteiger partial charge in [-0.1, -0.05) is 15.9 Å². The lowest BCUT2D eigenvalue weighted by molar-refractivity contribution is 0.0781. The van der Waals surface area contributed by atoms with Gasteiger partial charge in [0.25, 0.3) is 5.91 Å². The van der Waals surface area contributed by atoms with Crippen molar-refractivity contribution in [2.45, 2.75) is 13.3 Å². The zero-order chi connectivity index (χ0) is 12.4. The average molecular weight is 298 g/mol. The summed E-state index contributed by atoms with van der Waals surface area (Å²) in [5, 5.41) is 9.08. The molecule has 1 amide bonds. The van der Waals surface area contributed by atoms with Gasteiger partial charge in [-0.2, -0.15) is 0 Å². The number of aryl methyl sites for hydroxylation is 1. The summed E-state index contributed by atoms with van der Waals surface area (Å²) in [6, 6.07) is 5.73. The highest BCUT2D eigenvalue weighted by molar-refractivity contribution is 9.10. The summed E-state index contributed by atoms with van der Waals surface area (Å²) in [5.74, 6) is 0.303. The summed E-state index contributed by atoms with van der Waals surface area (Å²) in [4.78, 5) is 14.1. The van der Waals surface area contributed by atoms with Crippen molar-refractivity contribution in [1.29, 1.82) is 0 Å². The molecule has 1 N–H and O–H groups in total. The molecule has 1 aromatic carbocycles. The van der Waals surface area contributed by atoms with Crippen molar-refractivity contribution in [1.82, 2.24) is 4.90 Å². The van der Waals surface area contributed by atoms with Crippen molar-refractivity contribution in [3.8, 4) is 0 Å². The lowest BCUT2D eigenvalue weighted by atomic mass is 10.1. The van der Waals surface area contributed by atoms with Crippen molar-refractivity contribution in [2.24, 2.45) is 5.92 Å². The van der Waals surface area contributed by atoms with Crippen LogP contribution in [0.3, 0.4) is 0 Å². The Kier molecular flexibility index (Phi) is 3.84. The molecule has 4 heteroatoms. The average Bonchev–Trinajstić information content (AvgIpc) is 2.75. The predicted octanol–water partition coefficient (Wildman–Crippen LogP) is 2.21. The van der Waals surface area contributed by atoms with Crippen molar-refractivity contribution >= 4 is 21.8 Å². The smallest absolute Gasteiger partial charge is 0.253 e. The minimum absolute atomic E-state index is 0.0605. The molecule has 1 fully saturated rings. The zero-order valence-electron chi connectivity index (χ0n) is 9.82. The molecule has 0 saturated carbocycles. The molecule has 1 atom stereocenters. The molecule has 1 unspecified atom stereocenters. The van der Waals surface area contributed by atoms with Crippen LogP contribution >= 0.6 is 15.9 Å². The van der Waals surface area contributed by atoms with Crippen molar-refractivity contribution in [2.75, 3.05) is 19.7 Å². The monoisotopic (exact) mass is 297 g/mol. The molecule has 1 aromatic rings. The number of halogens is 1. The number of aliphatic hydroxyl groups is 1. The topological polar surface area (TPSA) is 40.5 Å². The van der Waals surface area contributed by atoms with Crippen molar-refractivity contribution < 1.29 is 9.90 Å². The maximum Gasteiger partial charge on any atom is 0.253 e. The SMILES string of the molecule is Cc1cc(Br)cc(C(=O)N2CCC(CO)C2)c1. The molecule has 92 valence electrons. The number of amides is 1. The van der Waals surface area contributed by atoms with Gasteiger partial charge >= 0.3 is 0 Å². The molecule has 0 aromatic heterocycles. The molecular weight excluding hydrogens is 282 g/mol. The van der Waals surface area contributed by atoms with E-state index in [1.807, 2.05) is 30.0 Å². The van der Waals surface area contributed by atoms with Gasteiger partial charge in [-0.3, -0.25) is 4.79 Å². The second-order valence-corrected chi connectivity index (χ2v) is 5.52. The van der Waals surface area contributed by atoms with Crippen LogP contribution in [-0.2, 0) is 0 Å². The molecule has 0 aliphatic carbocycles. The highest BCUT2D eigenvalue weighted by Crippen LogP contribution is 2.21. The Morgan fingerprint density at radius 3 is 2.88 bits per heavy atom. The maximum atomic E-state index is 12.2. The van der Waals surface area contributed by atoms with E-state index in [-0.39, 0.29) is 18.4 Å². The van der Waals surface area contributed by atoms with Gasteiger partial charge in [0.1, 0.15) is 0 Å². The van der Waals surface area contributed by atoms with Crippen LogP contribution in [0.15, 0.2) is 22.7 Å². The van der Waals surface area contributed by atoms with Crippen LogP contribution in [-0.4, -0.2) is 35.6 Å². The van der Waals surface area contributed by atoms with Gasteiger partial charge in [-0.05, 0) is 37.1 Å². The second-order valence-electron chi connectivity index (χ2n) is 4.61. The highest BCUT2D eigenvalue weighted by Gasteiger charge is 2.26. The van der Waals surface area contributed by atoms with E-state index in [9.17, 15) is 4.79 Å². The number of carbonyl (C=O) groups is 1. The number of nitrogens with zero attached hydrogens (tertiary/aromatic N) is 1. The molecule has 0 spiro atoms. The Balaban J connectivity index is 2.14. The fraction of sp³-hybridized carbons (Fsp3) is 0.462. The molecule has 1 saturated heterocycles. The van der Waals surface area contributed by atoms with E-state index in [4.69, 9.17) is 5.11 Å². The van der Waals surface area contributed by atoms with Crippen molar-refractivity contribution in [3.05, 3.63) is 33.8 Å². The summed E-state index contributed by atoms with van der Waals surface area (Å²) in [6.07, 6.45) is 0.898. The van der Waals surface area contributed by atoms with Crippen LogP contribution in [0.25, 0.3) is 0 Å². The molecule has 1 aliphatic rings. The Morgan fingerprint density at radius 1 is 1.53 bits per heavy atom. The molecule has 3 nitrogen and oxygen atoms in total. The third-order valence-corrected chi connectivity index (χ3v) is 3.58. The van der Waals surface area contributed by atoms with Gasteiger partial charge in [-0.15, -0.1) is 0 Å². The largest absolute Gasteiger partial charge is 0.396 e. The van der Waals surface area contributed by atoms with E-state index in [0.29, 0.717) is 6.54 Å². The maximum absolute atomic E-state index is 12.2. The quantitative estimate of drug-likeness (QED) is 0.909. The van der Waals surface area contributed by atoms with Crippen LogP contribution in [0.1, 0.15) is 22.3 Å². The summed E-state index contributed by atoms with van der Waals surface area (Å²) in [7, 11) is 0. The van der Waals surface area contributed by atoms with Crippen molar-refractivity contribution in [3.63, 3.8) is 0 Å². The van der Waals surface area contributed by atoms with E-state index in [0.717, 1.165) is 28.6 Å². The van der Waals surface area contributed by atoms with Gasteiger partial charge in [0.2, 0.25) is 0 Å². The van der Waals surface area contributed by atoms with E-state index < -0.39 is 0 Å². The first-order chi connectivity index (χ1) is 8.10. The summed E-state index contributed by atoms with van der Waals surface area (Å²) in [6.45, 7) is 3.56. The molecule has 2 rings (SSSR count). The van der Waals surface area contributed by atoms with E-state index in [2.05, 4.69) is 15.9 Å². The highest BCUT2D eigenvalue weighted by atomic mass is 79.9. The fourth-order valence-electron chi connectivity index (χ4n) is 2.21. The minimum atomic E-state index is 0.0605. The van der Waals surface area contributed by atoms with Crippen LogP contribution < -0.4 is 0 Å². The van der Waals surface area contributed by atoms with Gasteiger partial charge in [-0.25, -0.2) is 0 Å². The molecule has 17 heavy (non-hydrogen) atoms. The first-order valence-corrected chi connectivity index (χ1v) is 6.57. The number of hydrogen-bond donors (Lipinski definition) is 1. The van der Waals surface area contributed by atoms with Crippen LogP contribution in [0.2, 0.25) is 0 Å².